The molecule has 2 aliphatic heterocycles. The first-order valence-electron chi connectivity index (χ1n) is 7.77. The van der Waals surface area contributed by atoms with Crippen LogP contribution in [0.1, 0.15) is 45.4 Å². The SMILES string of the molecule is CCCCCC1(CC[SH]2C=CC=C2CF)OCCCO1. The van der Waals surface area contributed by atoms with Gasteiger partial charge in [0.15, 0.2) is 5.79 Å². The Morgan fingerprint density at radius 1 is 1.25 bits per heavy atom. The summed E-state index contributed by atoms with van der Waals surface area (Å²) in [5.41, 5.74) is 0. The van der Waals surface area contributed by atoms with Crippen molar-refractivity contribution >= 4 is 10.9 Å². The van der Waals surface area contributed by atoms with Crippen molar-refractivity contribution < 1.29 is 13.9 Å². The summed E-state index contributed by atoms with van der Waals surface area (Å²) in [4.78, 5) is 0.958. The highest BCUT2D eigenvalue weighted by Crippen LogP contribution is 2.44. The minimum atomic E-state index is -0.438. The quantitative estimate of drug-likeness (QED) is 0.527. The summed E-state index contributed by atoms with van der Waals surface area (Å²) in [6, 6.07) is 0. The fraction of sp³-hybridized carbons (Fsp3) is 0.750. The zero-order valence-electron chi connectivity index (χ0n) is 12.4. The van der Waals surface area contributed by atoms with Crippen LogP contribution in [0, 0.1) is 0 Å². The van der Waals surface area contributed by atoms with E-state index in [1.54, 1.807) is 0 Å². The van der Waals surface area contributed by atoms with Crippen molar-refractivity contribution in [3.05, 3.63) is 22.5 Å². The summed E-state index contributed by atoms with van der Waals surface area (Å²) in [6.07, 6.45) is 10.4. The first-order chi connectivity index (χ1) is 9.79. The Kier molecular flexibility index (Phi) is 6.59. The van der Waals surface area contributed by atoms with Gasteiger partial charge in [0.05, 0.1) is 13.2 Å². The first-order valence-corrected chi connectivity index (χ1v) is 9.37. The third-order valence-electron chi connectivity index (χ3n) is 3.97. The molecule has 2 aliphatic rings. The normalized spacial score (nSPS) is 26.7. The van der Waals surface area contributed by atoms with Gasteiger partial charge in [0.2, 0.25) is 0 Å². The number of thiol groups is 1. The molecular formula is C16H27FO2S. The molecule has 2 nitrogen and oxygen atoms in total. The van der Waals surface area contributed by atoms with Crippen LogP contribution in [-0.4, -0.2) is 31.4 Å². The van der Waals surface area contributed by atoms with E-state index in [0.29, 0.717) is 0 Å². The van der Waals surface area contributed by atoms with Crippen molar-refractivity contribution in [3.63, 3.8) is 0 Å². The van der Waals surface area contributed by atoms with E-state index in [-0.39, 0.29) is 6.67 Å². The first kappa shape index (κ1) is 16.1. The molecule has 20 heavy (non-hydrogen) atoms. The molecule has 0 saturated carbocycles. The molecular weight excluding hydrogens is 275 g/mol. The molecule has 2 heterocycles. The van der Waals surface area contributed by atoms with Crippen LogP contribution in [0.4, 0.5) is 4.39 Å². The number of allylic oxidation sites excluding steroid dienone is 3. The molecule has 0 aliphatic carbocycles. The predicted octanol–water partition coefficient (Wildman–Crippen LogP) is 4.47. The number of hydrogen-bond donors (Lipinski definition) is 1. The highest BCUT2D eigenvalue weighted by molar-refractivity contribution is 8.23. The van der Waals surface area contributed by atoms with Crippen LogP contribution in [0.2, 0.25) is 0 Å². The van der Waals surface area contributed by atoms with E-state index in [1.165, 1.54) is 12.8 Å². The van der Waals surface area contributed by atoms with Crippen molar-refractivity contribution in [2.24, 2.45) is 0 Å². The van der Waals surface area contributed by atoms with Crippen LogP contribution < -0.4 is 0 Å². The smallest absolute Gasteiger partial charge is 0.169 e. The highest BCUT2D eigenvalue weighted by Gasteiger charge is 2.34. The van der Waals surface area contributed by atoms with E-state index in [4.69, 9.17) is 9.47 Å². The lowest BCUT2D eigenvalue weighted by atomic mass is 10.0. The third-order valence-corrected chi connectivity index (χ3v) is 6.22. The average molecular weight is 302 g/mol. The zero-order chi connectivity index (χ0) is 14.3. The number of rotatable bonds is 8. The molecule has 2 rings (SSSR count). The van der Waals surface area contributed by atoms with Gasteiger partial charge in [-0.3, -0.25) is 0 Å². The van der Waals surface area contributed by atoms with Crippen LogP contribution in [0.15, 0.2) is 22.5 Å². The van der Waals surface area contributed by atoms with Crippen LogP contribution in [-0.2, 0) is 9.47 Å². The second-order valence-corrected chi connectivity index (χ2v) is 7.75. The molecule has 1 atom stereocenters. The van der Waals surface area contributed by atoms with E-state index in [9.17, 15) is 4.39 Å². The predicted molar refractivity (Wildman–Crippen MR) is 85.1 cm³/mol. The third kappa shape index (κ3) is 4.34. The molecule has 0 N–H and O–H groups in total. The van der Waals surface area contributed by atoms with Gasteiger partial charge in [-0.1, -0.05) is 31.9 Å². The Labute approximate surface area is 124 Å². The fourth-order valence-corrected chi connectivity index (χ4v) is 4.69. The maximum Gasteiger partial charge on any atom is 0.169 e. The summed E-state index contributed by atoms with van der Waals surface area (Å²) < 4.78 is 24.9. The van der Waals surface area contributed by atoms with Crippen molar-refractivity contribution in [2.75, 3.05) is 25.6 Å². The van der Waals surface area contributed by atoms with Crippen molar-refractivity contribution in [2.45, 2.75) is 51.2 Å². The molecule has 0 spiro atoms. The number of unbranched alkanes of at least 4 members (excludes halogenated alkanes) is 2. The average Bonchev–Trinajstić information content (AvgIpc) is 2.94. The standard InChI is InChI=1S/C16H27FO2S/c1-2-3-4-8-16(18-10-6-11-19-16)9-13-20-12-5-7-15(20)14-17/h5,7,12,20H,2-4,6,8-11,13-14H2,1H3. The summed E-state index contributed by atoms with van der Waals surface area (Å²) >= 11 is 0. The monoisotopic (exact) mass is 302 g/mol. The summed E-state index contributed by atoms with van der Waals surface area (Å²) in [7, 11) is -0.438. The lowest BCUT2D eigenvalue weighted by Gasteiger charge is -2.38. The van der Waals surface area contributed by atoms with Gasteiger partial charge >= 0.3 is 0 Å². The van der Waals surface area contributed by atoms with Gasteiger partial charge in [-0.15, -0.1) is 0 Å². The van der Waals surface area contributed by atoms with Gasteiger partial charge in [0.1, 0.15) is 6.67 Å². The summed E-state index contributed by atoms with van der Waals surface area (Å²) in [5.74, 6) is 0.585. The largest absolute Gasteiger partial charge is 0.350 e. The molecule has 0 aromatic rings. The number of ether oxygens (including phenoxy) is 2. The Bertz CT molecular complexity index is 348. The van der Waals surface area contributed by atoms with Gasteiger partial charge in [-0.2, -0.15) is 0 Å². The van der Waals surface area contributed by atoms with Gasteiger partial charge < -0.3 is 9.47 Å². The fourth-order valence-electron chi connectivity index (χ4n) is 2.75. The Morgan fingerprint density at radius 3 is 2.75 bits per heavy atom. The number of alkyl halides is 1. The van der Waals surface area contributed by atoms with Gasteiger partial charge in [-0.25, -0.2) is 15.3 Å². The summed E-state index contributed by atoms with van der Waals surface area (Å²) in [6.45, 7) is 3.49. The van der Waals surface area contributed by atoms with E-state index in [0.717, 1.165) is 49.6 Å². The molecule has 0 aromatic carbocycles. The Balaban J connectivity index is 1.87. The van der Waals surface area contributed by atoms with Gasteiger partial charge in [-0.05, 0) is 28.9 Å². The summed E-state index contributed by atoms with van der Waals surface area (Å²) in [5, 5.41) is 2.16. The molecule has 0 radical (unpaired) electrons. The van der Waals surface area contributed by atoms with Crippen LogP contribution in [0.25, 0.3) is 0 Å². The van der Waals surface area contributed by atoms with Crippen LogP contribution >= 0.6 is 10.9 Å². The van der Waals surface area contributed by atoms with E-state index >= 15 is 0 Å². The second-order valence-electron chi connectivity index (χ2n) is 5.49. The van der Waals surface area contributed by atoms with Crippen molar-refractivity contribution in [1.82, 2.24) is 0 Å². The maximum atomic E-state index is 12.9. The van der Waals surface area contributed by atoms with Crippen LogP contribution in [0.5, 0.6) is 0 Å². The molecule has 0 aromatic heterocycles. The van der Waals surface area contributed by atoms with Gasteiger partial charge in [0.25, 0.3) is 0 Å². The molecule has 0 bridgehead atoms. The van der Waals surface area contributed by atoms with Crippen molar-refractivity contribution in [3.8, 4) is 0 Å². The molecule has 1 unspecified atom stereocenters. The van der Waals surface area contributed by atoms with E-state index < -0.39 is 16.7 Å². The number of hydrogen-bond acceptors (Lipinski definition) is 2. The topological polar surface area (TPSA) is 18.5 Å². The Hall–Kier alpha value is -0.320. The number of halogens is 1. The Morgan fingerprint density at radius 2 is 2.05 bits per heavy atom. The zero-order valence-corrected chi connectivity index (χ0v) is 13.3. The lowest BCUT2D eigenvalue weighted by Crippen LogP contribution is -2.41. The minimum absolute atomic E-state index is 0.316. The van der Waals surface area contributed by atoms with Crippen LogP contribution in [0.3, 0.4) is 0 Å². The molecule has 116 valence electrons. The maximum absolute atomic E-state index is 12.9. The molecule has 1 fully saturated rings. The van der Waals surface area contributed by atoms with E-state index in [2.05, 4.69) is 12.3 Å². The van der Waals surface area contributed by atoms with Gasteiger partial charge in [0, 0.05) is 12.8 Å². The molecule has 0 amide bonds. The molecule has 1 saturated heterocycles. The second kappa shape index (κ2) is 8.20. The highest BCUT2D eigenvalue weighted by atomic mass is 32.2. The van der Waals surface area contributed by atoms with Crippen molar-refractivity contribution in [1.29, 1.82) is 0 Å². The minimum Gasteiger partial charge on any atom is -0.350 e. The lowest BCUT2D eigenvalue weighted by molar-refractivity contribution is -0.271. The van der Waals surface area contributed by atoms with E-state index in [1.807, 2.05) is 12.2 Å². The molecule has 4 heteroatoms.